The van der Waals surface area contributed by atoms with Crippen molar-refractivity contribution in [3.63, 3.8) is 0 Å². The number of hydrogen-bond acceptors (Lipinski definition) is 6. The third kappa shape index (κ3) is 8.19. The van der Waals surface area contributed by atoms with E-state index in [0.717, 1.165) is 87.5 Å². The Hall–Kier alpha value is -2.68. The molecule has 0 radical (unpaired) electrons. The number of unbranched alkanes of at least 4 members (excludes halogenated alkanes) is 1. The minimum absolute atomic E-state index is 0.148. The molecule has 35 heavy (non-hydrogen) atoms. The lowest BCUT2D eigenvalue weighted by Crippen LogP contribution is -2.38. The van der Waals surface area contributed by atoms with Crippen molar-refractivity contribution >= 4 is 17.7 Å². The van der Waals surface area contributed by atoms with Crippen LogP contribution in [0, 0.1) is 0 Å². The highest BCUT2D eigenvalue weighted by atomic mass is 32.2. The molecule has 1 N–H and O–H groups in total. The number of benzene rings is 2. The van der Waals surface area contributed by atoms with E-state index >= 15 is 0 Å². The molecular weight excluding hydrogens is 458 g/mol. The van der Waals surface area contributed by atoms with E-state index in [1.807, 2.05) is 24.3 Å². The van der Waals surface area contributed by atoms with Gasteiger partial charge in [0.2, 0.25) is 5.91 Å². The third-order valence-corrected chi connectivity index (χ3v) is 7.04. The van der Waals surface area contributed by atoms with Crippen molar-refractivity contribution < 1.29 is 9.53 Å². The number of thioether (sulfide) groups is 1. The molecular formula is C27H35N5O2S. The summed E-state index contributed by atoms with van der Waals surface area (Å²) in [7, 11) is 0. The fourth-order valence-corrected chi connectivity index (χ4v) is 5.09. The molecule has 1 fully saturated rings. The van der Waals surface area contributed by atoms with Crippen LogP contribution in [0.25, 0.3) is 5.69 Å². The van der Waals surface area contributed by atoms with E-state index in [4.69, 9.17) is 4.74 Å². The lowest BCUT2D eigenvalue weighted by atomic mass is 10.1. The number of hydrogen-bond donors (Lipinski definition) is 1. The Labute approximate surface area is 212 Å². The van der Waals surface area contributed by atoms with Gasteiger partial charge in [0.1, 0.15) is 5.82 Å². The summed E-state index contributed by atoms with van der Waals surface area (Å²) in [6, 6.07) is 20.6. The first kappa shape index (κ1) is 25.4. The number of para-hydroxylation sites is 1. The molecule has 0 aliphatic carbocycles. The van der Waals surface area contributed by atoms with E-state index in [2.05, 4.69) is 61.4 Å². The smallest absolute Gasteiger partial charge is 0.219 e. The minimum Gasteiger partial charge on any atom is -0.379 e. The van der Waals surface area contributed by atoms with Crippen molar-refractivity contribution in [2.75, 3.05) is 45.1 Å². The molecule has 4 rings (SSSR count). The molecule has 0 spiro atoms. The van der Waals surface area contributed by atoms with E-state index in [0.29, 0.717) is 6.42 Å². The van der Waals surface area contributed by atoms with Gasteiger partial charge in [-0.2, -0.15) is 0 Å². The zero-order valence-corrected chi connectivity index (χ0v) is 21.1. The van der Waals surface area contributed by atoms with Crippen LogP contribution in [0.1, 0.15) is 37.1 Å². The second-order valence-electron chi connectivity index (χ2n) is 8.70. The van der Waals surface area contributed by atoms with Crippen molar-refractivity contribution in [3.8, 4) is 5.69 Å². The molecule has 1 aromatic heterocycles. The Kier molecular flexibility index (Phi) is 10.2. The van der Waals surface area contributed by atoms with Gasteiger partial charge < -0.3 is 10.1 Å². The van der Waals surface area contributed by atoms with Crippen molar-refractivity contribution in [2.24, 2.45) is 0 Å². The molecule has 3 aromatic rings. The molecule has 186 valence electrons. The van der Waals surface area contributed by atoms with Crippen LogP contribution < -0.4 is 5.32 Å². The average Bonchev–Trinajstić information content (AvgIpc) is 3.30. The fraction of sp³-hybridized carbons (Fsp3) is 0.444. The fourth-order valence-electron chi connectivity index (χ4n) is 4.12. The van der Waals surface area contributed by atoms with Gasteiger partial charge in [-0.05, 0) is 43.5 Å². The van der Waals surface area contributed by atoms with Crippen LogP contribution in [0.5, 0.6) is 0 Å². The summed E-state index contributed by atoms with van der Waals surface area (Å²) in [6.45, 7) is 5.40. The lowest BCUT2D eigenvalue weighted by molar-refractivity contribution is -0.121. The monoisotopic (exact) mass is 493 g/mol. The number of ether oxygens (including phenoxy) is 1. The molecule has 1 saturated heterocycles. The molecule has 1 aliphatic heterocycles. The number of nitrogens with one attached hydrogen (secondary N) is 1. The Morgan fingerprint density at radius 1 is 0.943 bits per heavy atom. The Morgan fingerprint density at radius 2 is 1.69 bits per heavy atom. The molecule has 1 aliphatic rings. The summed E-state index contributed by atoms with van der Waals surface area (Å²) in [5.41, 5.74) is 2.28. The molecule has 0 saturated carbocycles. The van der Waals surface area contributed by atoms with E-state index < -0.39 is 0 Å². The average molecular weight is 494 g/mol. The predicted octanol–water partition coefficient (Wildman–Crippen LogP) is 3.96. The maximum atomic E-state index is 12.2. The number of carbonyl (C=O) groups is 1. The van der Waals surface area contributed by atoms with Gasteiger partial charge in [0, 0.05) is 43.9 Å². The van der Waals surface area contributed by atoms with Crippen LogP contribution in [0.4, 0.5) is 0 Å². The zero-order valence-electron chi connectivity index (χ0n) is 20.3. The topological polar surface area (TPSA) is 72.3 Å². The largest absolute Gasteiger partial charge is 0.379 e. The first-order valence-corrected chi connectivity index (χ1v) is 13.5. The van der Waals surface area contributed by atoms with Crippen LogP contribution >= 0.6 is 11.8 Å². The summed E-state index contributed by atoms with van der Waals surface area (Å²) in [6.07, 6.45) is 4.12. The minimum atomic E-state index is 0.148. The molecule has 8 heteroatoms. The van der Waals surface area contributed by atoms with Crippen LogP contribution in [0.15, 0.2) is 65.8 Å². The molecule has 2 heterocycles. The standard InChI is InChI=1S/C27H35N5O2S/c33-26(28-15-9-16-31-17-19-34-20-18-31)14-7-8-21-35-27-30-29-25(22-23-10-3-1-4-11-23)32(27)24-12-5-2-6-13-24/h1-6,10-13H,7-9,14-22H2,(H,28,33). The number of carbonyl (C=O) groups excluding carboxylic acids is 1. The maximum absolute atomic E-state index is 12.2. The van der Waals surface area contributed by atoms with Crippen LogP contribution in [-0.4, -0.2) is 70.7 Å². The van der Waals surface area contributed by atoms with E-state index in [1.165, 1.54) is 5.56 Å². The summed E-state index contributed by atoms with van der Waals surface area (Å²) in [4.78, 5) is 14.6. The van der Waals surface area contributed by atoms with Gasteiger partial charge in [-0.15, -0.1) is 10.2 Å². The number of rotatable bonds is 13. The highest BCUT2D eigenvalue weighted by Gasteiger charge is 2.15. The summed E-state index contributed by atoms with van der Waals surface area (Å²) < 4.78 is 7.52. The van der Waals surface area contributed by atoms with Crippen LogP contribution in [0.2, 0.25) is 0 Å². The molecule has 2 aromatic carbocycles. The van der Waals surface area contributed by atoms with E-state index in [1.54, 1.807) is 11.8 Å². The van der Waals surface area contributed by atoms with Crippen LogP contribution in [-0.2, 0) is 16.0 Å². The van der Waals surface area contributed by atoms with Gasteiger partial charge in [0.05, 0.1) is 13.2 Å². The van der Waals surface area contributed by atoms with Crippen LogP contribution in [0.3, 0.4) is 0 Å². The second kappa shape index (κ2) is 14.0. The van der Waals surface area contributed by atoms with Crippen molar-refractivity contribution in [3.05, 3.63) is 72.1 Å². The molecule has 0 bridgehead atoms. The predicted molar refractivity (Wildman–Crippen MR) is 140 cm³/mol. The van der Waals surface area contributed by atoms with Gasteiger partial charge in [-0.25, -0.2) is 0 Å². The normalized spacial score (nSPS) is 14.2. The third-order valence-electron chi connectivity index (χ3n) is 6.03. The van der Waals surface area contributed by atoms with Gasteiger partial charge in [0.25, 0.3) is 0 Å². The summed E-state index contributed by atoms with van der Waals surface area (Å²) >= 11 is 1.70. The maximum Gasteiger partial charge on any atom is 0.219 e. The zero-order chi connectivity index (χ0) is 24.1. The van der Waals surface area contributed by atoms with Gasteiger partial charge in [0.15, 0.2) is 5.16 Å². The highest BCUT2D eigenvalue weighted by molar-refractivity contribution is 7.99. The van der Waals surface area contributed by atoms with Crippen molar-refractivity contribution in [1.82, 2.24) is 25.0 Å². The Balaban J connectivity index is 1.20. The lowest BCUT2D eigenvalue weighted by Gasteiger charge is -2.26. The molecule has 1 amide bonds. The summed E-state index contributed by atoms with van der Waals surface area (Å²) in [5.74, 6) is 1.98. The first-order valence-electron chi connectivity index (χ1n) is 12.5. The molecule has 0 atom stereocenters. The van der Waals surface area contributed by atoms with Crippen molar-refractivity contribution in [1.29, 1.82) is 0 Å². The number of nitrogens with zero attached hydrogens (tertiary/aromatic N) is 4. The Bertz CT molecular complexity index is 1020. The Morgan fingerprint density at radius 3 is 2.46 bits per heavy atom. The SMILES string of the molecule is O=C(CCCCSc1nnc(Cc2ccccc2)n1-c1ccccc1)NCCCN1CCOCC1. The summed E-state index contributed by atoms with van der Waals surface area (Å²) in [5, 5.41) is 13.0. The van der Waals surface area contributed by atoms with E-state index in [9.17, 15) is 4.79 Å². The number of morpholine rings is 1. The number of aromatic nitrogens is 3. The van der Waals surface area contributed by atoms with E-state index in [-0.39, 0.29) is 5.91 Å². The van der Waals surface area contributed by atoms with Crippen molar-refractivity contribution in [2.45, 2.75) is 37.3 Å². The number of amides is 1. The molecule has 0 unspecified atom stereocenters. The quantitative estimate of drug-likeness (QED) is 0.287. The highest BCUT2D eigenvalue weighted by Crippen LogP contribution is 2.24. The van der Waals surface area contributed by atoms with Gasteiger partial charge in [-0.3, -0.25) is 14.3 Å². The first-order chi connectivity index (χ1) is 17.3. The van der Waals surface area contributed by atoms with Gasteiger partial charge in [-0.1, -0.05) is 60.3 Å². The van der Waals surface area contributed by atoms with Gasteiger partial charge >= 0.3 is 0 Å². The molecule has 7 nitrogen and oxygen atoms in total. The second-order valence-corrected chi connectivity index (χ2v) is 9.76.